The van der Waals surface area contributed by atoms with Gasteiger partial charge in [0.05, 0.1) is 13.7 Å². The quantitative estimate of drug-likeness (QED) is 0.728. The normalized spacial score (nSPS) is 16.6. The Morgan fingerprint density at radius 1 is 1.22 bits per heavy atom. The van der Waals surface area contributed by atoms with E-state index >= 15 is 0 Å². The van der Waals surface area contributed by atoms with E-state index in [1.54, 1.807) is 7.11 Å². The first-order valence-electron chi connectivity index (χ1n) is 7.94. The Labute approximate surface area is 145 Å². The van der Waals surface area contributed by atoms with Crippen molar-refractivity contribution < 1.29 is 14.3 Å². The van der Waals surface area contributed by atoms with E-state index in [4.69, 9.17) is 4.74 Å². The van der Waals surface area contributed by atoms with Gasteiger partial charge < -0.3 is 10.1 Å². The predicted octanol–water partition coefficient (Wildman–Crippen LogP) is 3.85. The van der Waals surface area contributed by atoms with Crippen molar-refractivity contribution in [3.8, 4) is 5.75 Å². The molecule has 0 bridgehead atoms. The summed E-state index contributed by atoms with van der Waals surface area (Å²) in [6, 6.07) is 5.24. The molecule has 23 heavy (non-hydrogen) atoms. The molecule has 126 valence electrons. The van der Waals surface area contributed by atoms with Crippen LogP contribution in [-0.4, -0.2) is 29.5 Å². The highest BCUT2D eigenvalue weighted by molar-refractivity contribution is 9.10. The molecule has 3 amide bonds. The van der Waals surface area contributed by atoms with Crippen LogP contribution >= 0.6 is 15.9 Å². The zero-order valence-electron chi connectivity index (χ0n) is 13.8. The van der Waals surface area contributed by atoms with Crippen LogP contribution in [0, 0.1) is 0 Å². The van der Waals surface area contributed by atoms with E-state index in [0.29, 0.717) is 18.6 Å². The first-order valence-corrected chi connectivity index (χ1v) is 8.73. The fourth-order valence-electron chi connectivity index (χ4n) is 3.18. The maximum Gasteiger partial charge on any atom is 0.325 e. The average Bonchev–Trinajstić information content (AvgIpc) is 2.73. The van der Waals surface area contributed by atoms with E-state index in [-0.39, 0.29) is 18.5 Å². The summed E-state index contributed by atoms with van der Waals surface area (Å²) >= 11 is 3.42. The molecule has 1 saturated heterocycles. The SMILES string of the molecule is CCCC1(CCC)NC(=O)N(Cc2cc(Br)ccc2OC)C1=O. The van der Waals surface area contributed by atoms with Crippen LogP contribution < -0.4 is 10.1 Å². The minimum absolute atomic E-state index is 0.131. The number of methoxy groups -OCH3 is 1. The second-order valence-corrected chi connectivity index (χ2v) is 6.78. The van der Waals surface area contributed by atoms with E-state index in [2.05, 4.69) is 21.2 Å². The van der Waals surface area contributed by atoms with Crippen molar-refractivity contribution in [2.45, 2.75) is 51.6 Å². The standard InChI is InChI=1S/C17H23BrN2O3/c1-4-8-17(9-5-2)15(21)20(16(22)19-17)11-12-10-13(18)6-7-14(12)23-3/h6-7,10H,4-5,8-9,11H2,1-3H3,(H,19,22). The third-order valence-corrected chi connectivity index (χ3v) is 4.66. The number of halogens is 1. The monoisotopic (exact) mass is 382 g/mol. The number of hydrogen-bond acceptors (Lipinski definition) is 3. The number of carbonyl (C=O) groups is 2. The summed E-state index contributed by atoms with van der Waals surface area (Å²) in [5, 5.41) is 2.93. The van der Waals surface area contributed by atoms with E-state index in [9.17, 15) is 9.59 Å². The minimum Gasteiger partial charge on any atom is -0.496 e. The van der Waals surface area contributed by atoms with Crippen molar-refractivity contribution in [2.75, 3.05) is 7.11 Å². The van der Waals surface area contributed by atoms with Gasteiger partial charge >= 0.3 is 6.03 Å². The van der Waals surface area contributed by atoms with Gasteiger partial charge in [0.2, 0.25) is 0 Å². The lowest BCUT2D eigenvalue weighted by atomic mass is 9.88. The maximum absolute atomic E-state index is 12.9. The molecule has 0 unspecified atom stereocenters. The van der Waals surface area contributed by atoms with Crippen molar-refractivity contribution in [2.24, 2.45) is 0 Å². The van der Waals surface area contributed by atoms with Crippen LogP contribution in [0.15, 0.2) is 22.7 Å². The summed E-state index contributed by atoms with van der Waals surface area (Å²) in [5.41, 5.74) is 0.0500. The molecule has 1 aliphatic heterocycles. The van der Waals surface area contributed by atoms with Crippen LogP contribution in [0.3, 0.4) is 0 Å². The Bertz CT molecular complexity index is 598. The van der Waals surface area contributed by atoms with Gasteiger partial charge in [-0.3, -0.25) is 9.69 Å². The number of imide groups is 1. The Morgan fingerprint density at radius 2 is 1.87 bits per heavy atom. The van der Waals surface area contributed by atoms with Gasteiger partial charge in [-0.15, -0.1) is 0 Å². The Kier molecular flexibility index (Phi) is 5.68. The highest BCUT2D eigenvalue weighted by Crippen LogP contribution is 2.31. The van der Waals surface area contributed by atoms with Crippen molar-refractivity contribution in [3.63, 3.8) is 0 Å². The van der Waals surface area contributed by atoms with E-state index < -0.39 is 5.54 Å². The molecule has 0 aromatic heterocycles. The van der Waals surface area contributed by atoms with Crippen molar-refractivity contribution >= 4 is 27.9 Å². The maximum atomic E-state index is 12.9. The van der Waals surface area contributed by atoms with E-state index in [0.717, 1.165) is 22.9 Å². The van der Waals surface area contributed by atoms with Gasteiger partial charge in [0.1, 0.15) is 11.3 Å². The van der Waals surface area contributed by atoms with E-state index in [1.807, 2.05) is 32.0 Å². The van der Waals surface area contributed by atoms with Crippen LogP contribution in [0.1, 0.15) is 45.1 Å². The number of benzene rings is 1. The summed E-state index contributed by atoms with van der Waals surface area (Å²) in [6.07, 6.45) is 3.02. The van der Waals surface area contributed by atoms with Crippen LogP contribution in [0.5, 0.6) is 5.75 Å². The van der Waals surface area contributed by atoms with Gasteiger partial charge in [-0.2, -0.15) is 0 Å². The number of ether oxygens (including phenoxy) is 1. The third-order valence-electron chi connectivity index (χ3n) is 4.17. The molecule has 0 saturated carbocycles. The van der Waals surface area contributed by atoms with Crippen LogP contribution in [0.4, 0.5) is 4.79 Å². The highest BCUT2D eigenvalue weighted by atomic mass is 79.9. The second kappa shape index (κ2) is 7.34. The number of hydrogen-bond donors (Lipinski definition) is 1. The summed E-state index contributed by atoms with van der Waals surface area (Å²) in [5.74, 6) is 0.533. The highest BCUT2D eigenvalue weighted by Gasteiger charge is 2.49. The fourth-order valence-corrected chi connectivity index (χ4v) is 3.59. The third kappa shape index (κ3) is 3.52. The number of carbonyl (C=O) groups excluding carboxylic acids is 2. The number of rotatable bonds is 7. The molecule has 1 heterocycles. The van der Waals surface area contributed by atoms with Gasteiger partial charge in [0, 0.05) is 10.0 Å². The van der Waals surface area contributed by atoms with Gasteiger partial charge in [-0.05, 0) is 31.0 Å². The van der Waals surface area contributed by atoms with Crippen LogP contribution in [0.2, 0.25) is 0 Å². The predicted molar refractivity (Wildman–Crippen MR) is 92.3 cm³/mol. The molecule has 0 spiro atoms. The lowest BCUT2D eigenvalue weighted by Crippen LogP contribution is -2.46. The molecule has 6 heteroatoms. The molecule has 1 aromatic carbocycles. The molecule has 2 rings (SSSR count). The first-order chi connectivity index (χ1) is 11.0. The molecule has 0 atom stereocenters. The van der Waals surface area contributed by atoms with Gasteiger partial charge in [-0.25, -0.2) is 4.79 Å². The molecule has 1 aromatic rings. The largest absolute Gasteiger partial charge is 0.496 e. The second-order valence-electron chi connectivity index (χ2n) is 5.86. The topological polar surface area (TPSA) is 58.6 Å². The lowest BCUT2D eigenvalue weighted by Gasteiger charge is -2.26. The first kappa shape index (κ1) is 17.8. The van der Waals surface area contributed by atoms with Crippen molar-refractivity contribution in [1.82, 2.24) is 10.2 Å². The molecule has 1 fully saturated rings. The zero-order chi connectivity index (χ0) is 17.0. The fraction of sp³-hybridized carbons (Fsp3) is 0.529. The smallest absolute Gasteiger partial charge is 0.325 e. The lowest BCUT2D eigenvalue weighted by molar-refractivity contribution is -0.132. The minimum atomic E-state index is -0.750. The molecular formula is C17H23BrN2O3. The molecule has 1 N–H and O–H groups in total. The molecular weight excluding hydrogens is 360 g/mol. The van der Waals surface area contributed by atoms with Crippen LogP contribution in [-0.2, 0) is 11.3 Å². The van der Waals surface area contributed by atoms with Gasteiger partial charge in [0.25, 0.3) is 5.91 Å². The molecule has 0 aliphatic carbocycles. The van der Waals surface area contributed by atoms with Crippen molar-refractivity contribution in [1.29, 1.82) is 0 Å². The zero-order valence-corrected chi connectivity index (χ0v) is 15.4. The Hall–Kier alpha value is -1.56. The van der Waals surface area contributed by atoms with E-state index in [1.165, 1.54) is 4.90 Å². The molecule has 5 nitrogen and oxygen atoms in total. The summed E-state index contributed by atoms with van der Waals surface area (Å²) in [7, 11) is 1.58. The van der Waals surface area contributed by atoms with Gasteiger partial charge in [-0.1, -0.05) is 42.6 Å². The summed E-state index contributed by atoms with van der Waals surface area (Å²) in [6.45, 7) is 4.26. The number of nitrogens with one attached hydrogen (secondary N) is 1. The summed E-state index contributed by atoms with van der Waals surface area (Å²) < 4.78 is 6.22. The Morgan fingerprint density at radius 3 is 2.43 bits per heavy atom. The molecule has 0 radical (unpaired) electrons. The Balaban J connectivity index is 2.29. The number of amides is 3. The average molecular weight is 383 g/mol. The molecule has 1 aliphatic rings. The van der Waals surface area contributed by atoms with Crippen molar-refractivity contribution in [3.05, 3.63) is 28.2 Å². The number of nitrogens with zero attached hydrogens (tertiary/aromatic N) is 1. The van der Waals surface area contributed by atoms with Gasteiger partial charge in [0.15, 0.2) is 0 Å². The van der Waals surface area contributed by atoms with Crippen LogP contribution in [0.25, 0.3) is 0 Å². The number of urea groups is 1. The summed E-state index contributed by atoms with van der Waals surface area (Å²) in [4.78, 5) is 26.6.